The van der Waals surface area contributed by atoms with Gasteiger partial charge in [-0.3, -0.25) is 0 Å². The average Bonchev–Trinajstić information content (AvgIpc) is 2.83. The van der Waals surface area contributed by atoms with E-state index in [9.17, 15) is 0 Å². The lowest BCUT2D eigenvalue weighted by molar-refractivity contribution is -0.177. The molecule has 1 N–H and O–H groups in total. The maximum atomic E-state index is 5.88. The maximum absolute atomic E-state index is 5.88. The highest BCUT2D eigenvalue weighted by Gasteiger charge is 2.44. The Kier molecular flexibility index (Phi) is 2.90. The molecule has 3 rings (SSSR count). The van der Waals surface area contributed by atoms with Crippen molar-refractivity contribution < 1.29 is 9.47 Å². The zero-order valence-electron chi connectivity index (χ0n) is 10.2. The van der Waals surface area contributed by atoms with Gasteiger partial charge in [-0.15, -0.1) is 0 Å². The molecule has 0 aromatic heterocycles. The van der Waals surface area contributed by atoms with Crippen LogP contribution in [-0.2, 0) is 15.3 Å². The van der Waals surface area contributed by atoms with Crippen LogP contribution < -0.4 is 5.32 Å². The normalized spacial score (nSPS) is 26.1. The van der Waals surface area contributed by atoms with E-state index in [4.69, 9.17) is 9.47 Å². The minimum atomic E-state index is -0.456. The van der Waals surface area contributed by atoms with E-state index in [-0.39, 0.29) is 0 Å². The molecule has 1 fully saturated rings. The number of benzene rings is 1. The van der Waals surface area contributed by atoms with Gasteiger partial charge in [-0.05, 0) is 18.5 Å². The van der Waals surface area contributed by atoms with Gasteiger partial charge < -0.3 is 14.8 Å². The van der Waals surface area contributed by atoms with Crippen LogP contribution in [0.4, 0.5) is 0 Å². The number of hydrogen-bond donors (Lipinski definition) is 1. The van der Waals surface area contributed by atoms with Crippen LogP contribution in [0.25, 0.3) is 0 Å². The van der Waals surface area contributed by atoms with Crippen molar-refractivity contribution in [1.29, 1.82) is 0 Å². The van der Waals surface area contributed by atoms with Gasteiger partial charge >= 0.3 is 0 Å². The van der Waals surface area contributed by atoms with Crippen molar-refractivity contribution >= 4 is 0 Å². The zero-order valence-corrected chi connectivity index (χ0v) is 10.2. The summed E-state index contributed by atoms with van der Waals surface area (Å²) in [5.74, 6) is -0.456. The maximum Gasteiger partial charge on any atom is 0.195 e. The number of nitrogens with one attached hydrogen (secondary N) is 1. The fourth-order valence-electron chi connectivity index (χ4n) is 2.99. The average molecular weight is 233 g/mol. The van der Waals surface area contributed by atoms with Crippen molar-refractivity contribution in [2.45, 2.75) is 31.6 Å². The number of fused-ring (bicyclic) bond motifs is 2. The SMILES string of the molecule is CCN[C@H]1CCC2(OCCO2)c2ccccc21. The van der Waals surface area contributed by atoms with Gasteiger partial charge in [0.05, 0.1) is 13.2 Å². The van der Waals surface area contributed by atoms with Crippen LogP contribution in [0.15, 0.2) is 24.3 Å². The van der Waals surface area contributed by atoms with Gasteiger partial charge in [0, 0.05) is 18.0 Å². The second kappa shape index (κ2) is 4.41. The van der Waals surface area contributed by atoms with Crippen LogP contribution in [0, 0.1) is 0 Å². The molecule has 1 aliphatic heterocycles. The largest absolute Gasteiger partial charge is 0.343 e. The van der Waals surface area contributed by atoms with Gasteiger partial charge in [0.25, 0.3) is 0 Å². The van der Waals surface area contributed by atoms with E-state index in [1.54, 1.807) is 0 Å². The molecule has 17 heavy (non-hydrogen) atoms. The summed E-state index contributed by atoms with van der Waals surface area (Å²) in [6, 6.07) is 8.94. The number of hydrogen-bond acceptors (Lipinski definition) is 3. The molecule has 0 bridgehead atoms. The van der Waals surface area contributed by atoms with Gasteiger partial charge in [0.1, 0.15) is 0 Å². The standard InChI is InChI=1S/C14H19NO2/c1-2-15-13-7-8-14(16-9-10-17-14)12-6-4-3-5-11(12)13/h3-6,13,15H,2,7-10H2,1H3/t13-/m0/s1. The van der Waals surface area contributed by atoms with Crippen molar-refractivity contribution in [3.8, 4) is 0 Å². The van der Waals surface area contributed by atoms with Crippen molar-refractivity contribution in [2.24, 2.45) is 0 Å². The van der Waals surface area contributed by atoms with Gasteiger partial charge in [-0.2, -0.15) is 0 Å². The Morgan fingerprint density at radius 3 is 2.82 bits per heavy atom. The van der Waals surface area contributed by atoms with Crippen molar-refractivity contribution in [3.63, 3.8) is 0 Å². The summed E-state index contributed by atoms with van der Waals surface area (Å²) < 4.78 is 11.8. The van der Waals surface area contributed by atoms with Crippen LogP contribution in [0.1, 0.15) is 36.9 Å². The third-order valence-electron chi connectivity index (χ3n) is 3.71. The molecule has 0 unspecified atom stereocenters. The van der Waals surface area contributed by atoms with Crippen LogP contribution in [0.5, 0.6) is 0 Å². The Bertz CT molecular complexity index is 399. The summed E-state index contributed by atoms with van der Waals surface area (Å²) >= 11 is 0. The van der Waals surface area contributed by atoms with Gasteiger partial charge in [-0.1, -0.05) is 31.2 Å². The van der Waals surface area contributed by atoms with E-state index in [0.717, 1.165) is 19.4 Å². The van der Waals surface area contributed by atoms with Gasteiger partial charge in [0.2, 0.25) is 0 Å². The van der Waals surface area contributed by atoms with E-state index < -0.39 is 5.79 Å². The van der Waals surface area contributed by atoms with Gasteiger partial charge in [0.15, 0.2) is 5.79 Å². The molecule has 1 aromatic rings. The van der Waals surface area contributed by atoms with E-state index in [2.05, 4.69) is 36.5 Å². The first-order valence-corrected chi connectivity index (χ1v) is 6.46. The third-order valence-corrected chi connectivity index (χ3v) is 3.71. The molecular weight excluding hydrogens is 214 g/mol. The molecule has 1 aliphatic carbocycles. The first-order chi connectivity index (χ1) is 8.36. The van der Waals surface area contributed by atoms with Crippen molar-refractivity contribution in [3.05, 3.63) is 35.4 Å². The van der Waals surface area contributed by atoms with E-state index in [1.165, 1.54) is 11.1 Å². The first-order valence-electron chi connectivity index (χ1n) is 6.46. The summed E-state index contributed by atoms with van der Waals surface area (Å²) in [5.41, 5.74) is 2.55. The predicted octanol–water partition coefficient (Wildman–Crippen LogP) is 2.33. The summed E-state index contributed by atoms with van der Waals surface area (Å²) in [6.07, 6.45) is 2.02. The van der Waals surface area contributed by atoms with Crippen LogP contribution in [-0.4, -0.2) is 19.8 Å². The molecule has 1 saturated heterocycles. The third kappa shape index (κ3) is 1.79. The highest BCUT2D eigenvalue weighted by atomic mass is 16.7. The Hall–Kier alpha value is -0.900. The molecule has 1 spiro atoms. The molecule has 1 aromatic carbocycles. The molecule has 3 nitrogen and oxygen atoms in total. The summed E-state index contributed by atoms with van der Waals surface area (Å²) in [6.45, 7) is 4.56. The lowest BCUT2D eigenvalue weighted by Gasteiger charge is -2.37. The van der Waals surface area contributed by atoms with Crippen LogP contribution in [0.2, 0.25) is 0 Å². The van der Waals surface area contributed by atoms with E-state index in [1.807, 2.05) is 0 Å². The minimum Gasteiger partial charge on any atom is -0.343 e. The summed E-state index contributed by atoms with van der Waals surface area (Å²) in [5, 5.41) is 3.54. The first kappa shape index (κ1) is 11.2. The van der Waals surface area contributed by atoms with E-state index in [0.29, 0.717) is 19.3 Å². The highest BCUT2D eigenvalue weighted by Crippen LogP contribution is 2.45. The van der Waals surface area contributed by atoms with E-state index >= 15 is 0 Å². The molecule has 1 atom stereocenters. The molecule has 2 aliphatic rings. The Morgan fingerprint density at radius 1 is 1.29 bits per heavy atom. The van der Waals surface area contributed by atoms with Crippen LogP contribution >= 0.6 is 0 Å². The summed E-state index contributed by atoms with van der Waals surface area (Å²) in [4.78, 5) is 0. The van der Waals surface area contributed by atoms with Gasteiger partial charge in [-0.25, -0.2) is 0 Å². The lowest BCUT2D eigenvalue weighted by atomic mass is 9.83. The molecule has 0 radical (unpaired) electrons. The van der Waals surface area contributed by atoms with Crippen molar-refractivity contribution in [1.82, 2.24) is 5.32 Å². The monoisotopic (exact) mass is 233 g/mol. The molecular formula is C14H19NO2. The zero-order chi connectivity index (χ0) is 11.7. The second-order valence-corrected chi connectivity index (χ2v) is 4.69. The lowest BCUT2D eigenvalue weighted by Crippen LogP contribution is -2.37. The second-order valence-electron chi connectivity index (χ2n) is 4.69. The topological polar surface area (TPSA) is 30.5 Å². The molecule has 1 heterocycles. The predicted molar refractivity (Wildman–Crippen MR) is 65.7 cm³/mol. The minimum absolute atomic E-state index is 0.439. The highest BCUT2D eigenvalue weighted by molar-refractivity contribution is 5.36. The quantitative estimate of drug-likeness (QED) is 0.850. The molecule has 0 saturated carbocycles. The Labute approximate surface area is 102 Å². The Morgan fingerprint density at radius 2 is 2.06 bits per heavy atom. The Balaban J connectivity index is 2.01. The van der Waals surface area contributed by atoms with Crippen molar-refractivity contribution in [2.75, 3.05) is 19.8 Å². The van der Waals surface area contributed by atoms with Crippen LogP contribution in [0.3, 0.4) is 0 Å². The fraction of sp³-hybridized carbons (Fsp3) is 0.571. The molecule has 0 amide bonds. The smallest absolute Gasteiger partial charge is 0.195 e. The summed E-state index contributed by atoms with van der Waals surface area (Å²) in [7, 11) is 0. The number of ether oxygens (including phenoxy) is 2. The number of rotatable bonds is 2. The molecule has 92 valence electrons. The molecule has 3 heteroatoms. The fourth-order valence-corrected chi connectivity index (χ4v) is 2.99.